The van der Waals surface area contributed by atoms with Crippen molar-refractivity contribution in [2.24, 2.45) is 11.7 Å². The Balaban J connectivity index is 1.66. The molecule has 1 aliphatic carbocycles. The second-order valence-corrected chi connectivity index (χ2v) is 7.00. The Morgan fingerprint density at radius 1 is 1.29 bits per heavy atom. The quantitative estimate of drug-likeness (QED) is 0.924. The number of ether oxygens (including phenoxy) is 1. The molecule has 0 amide bonds. The first-order chi connectivity index (χ1) is 10.1. The Kier molecular flexibility index (Phi) is 4.31. The molecule has 5 heteroatoms. The fourth-order valence-corrected chi connectivity index (χ4v) is 3.66. The molecule has 118 valence electrons. The van der Waals surface area contributed by atoms with E-state index in [1.54, 1.807) is 0 Å². The van der Waals surface area contributed by atoms with Crippen LogP contribution in [0.4, 0.5) is 0 Å². The lowest BCUT2D eigenvalue weighted by molar-refractivity contribution is 0.169. The third-order valence-electron chi connectivity index (χ3n) is 5.36. The van der Waals surface area contributed by atoms with E-state index < -0.39 is 0 Å². The maximum Gasteiger partial charge on any atom is 0.236 e. The summed E-state index contributed by atoms with van der Waals surface area (Å²) in [6.07, 6.45) is 7.60. The molecule has 1 aromatic rings. The van der Waals surface area contributed by atoms with E-state index in [-0.39, 0.29) is 11.5 Å². The van der Waals surface area contributed by atoms with Gasteiger partial charge in [-0.25, -0.2) is 0 Å². The van der Waals surface area contributed by atoms with Gasteiger partial charge in [0.1, 0.15) is 0 Å². The Labute approximate surface area is 126 Å². The van der Waals surface area contributed by atoms with Gasteiger partial charge in [0.05, 0.1) is 18.6 Å². The minimum absolute atomic E-state index is 0.0638. The number of aromatic nitrogens is 2. The predicted octanol–water partition coefficient (Wildman–Crippen LogP) is 2.76. The van der Waals surface area contributed by atoms with Gasteiger partial charge in [-0.1, -0.05) is 24.9 Å². The molecule has 2 unspecified atom stereocenters. The summed E-state index contributed by atoms with van der Waals surface area (Å²) >= 11 is 0. The van der Waals surface area contributed by atoms with Crippen LogP contribution >= 0.6 is 0 Å². The zero-order valence-electron chi connectivity index (χ0n) is 13.2. The molecule has 1 saturated carbocycles. The minimum atomic E-state index is -0.329. The van der Waals surface area contributed by atoms with Crippen molar-refractivity contribution in [3.63, 3.8) is 0 Å². The summed E-state index contributed by atoms with van der Waals surface area (Å²) in [5.41, 5.74) is 5.80. The Morgan fingerprint density at radius 2 is 2.05 bits per heavy atom. The van der Waals surface area contributed by atoms with Gasteiger partial charge in [-0.15, -0.1) is 0 Å². The summed E-state index contributed by atoms with van der Waals surface area (Å²) in [7, 11) is 0. The monoisotopic (exact) mass is 293 g/mol. The Morgan fingerprint density at radius 3 is 2.67 bits per heavy atom. The molecule has 2 fully saturated rings. The van der Waals surface area contributed by atoms with E-state index in [4.69, 9.17) is 15.0 Å². The normalized spacial score (nSPS) is 37.0. The minimum Gasteiger partial charge on any atom is -0.379 e. The first-order valence-corrected chi connectivity index (χ1v) is 8.31. The highest BCUT2D eigenvalue weighted by Crippen LogP contribution is 2.38. The van der Waals surface area contributed by atoms with Gasteiger partial charge in [-0.05, 0) is 38.5 Å². The summed E-state index contributed by atoms with van der Waals surface area (Å²) in [5, 5.41) is 4.24. The molecule has 1 saturated heterocycles. The van der Waals surface area contributed by atoms with Gasteiger partial charge >= 0.3 is 0 Å². The van der Waals surface area contributed by atoms with Crippen molar-refractivity contribution in [2.75, 3.05) is 13.2 Å². The molecule has 3 rings (SSSR count). The van der Waals surface area contributed by atoms with Crippen LogP contribution in [0, 0.1) is 5.92 Å². The standard InChI is InChI=1S/C16H27N3O2/c1-3-4-11-5-7-12(8-6-11)14-18-15(21-19-14)16(2)10-20-9-13(16)17/h11-13H,3-10,17H2,1-2H3. The summed E-state index contributed by atoms with van der Waals surface area (Å²) < 4.78 is 11.0. The molecule has 1 aromatic heterocycles. The van der Waals surface area contributed by atoms with Crippen molar-refractivity contribution in [1.82, 2.24) is 10.1 Å². The summed E-state index contributed by atoms with van der Waals surface area (Å²) in [5.74, 6) is 2.88. The lowest BCUT2D eigenvalue weighted by atomic mass is 9.80. The molecule has 2 aliphatic rings. The van der Waals surface area contributed by atoms with Crippen LogP contribution in [0.5, 0.6) is 0 Å². The molecule has 21 heavy (non-hydrogen) atoms. The highest BCUT2D eigenvalue weighted by molar-refractivity contribution is 5.12. The topological polar surface area (TPSA) is 74.2 Å². The molecule has 0 aromatic carbocycles. The summed E-state index contributed by atoms with van der Waals surface area (Å²) in [6.45, 7) is 5.46. The molecule has 2 heterocycles. The molecule has 1 aliphatic heterocycles. The molecule has 2 atom stereocenters. The first-order valence-electron chi connectivity index (χ1n) is 8.31. The lowest BCUT2D eigenvalue weighted by Crippen LogP contribution is -2.42. The van der Waals surface area contributed by atoms with Crippen molar-refractivity contribution >= 4 is 0 Å². The van der Waals surface area contributed by atoms with Crippen LogP contribution in [0.15, 0.2) is 4.52 Å². The number of nitrogens with zero attached hydrogens (tertiary/aromatic N) is 2. The SMILES string of the molecule is CCCC1CCC(c2noc(C3(C)COCC3N)n2)CC1. The van der Waals surface area contributed by atoms with Crippen molar-refractivity contribution in [1.29, 1.82) is 0 Å². The van der Waals surface area contributed by atoms with Gasteiger partial charge in [0.2, 0.25) is 5.89 Å². The van der Waals surface area contributed by atoms with Crippen LogP contribution in [-0.4, -0.2) is 29.4 Å². The van der Waals surface area contributed by atoms with Crippen LogP contribution in [0.2, 0.25) is 0 Å². The molecular weight excluding hydrogens is 266 g/mol. The first kappa shape index (κ1) is 15.0. The predicted molar refractivity (Wildman–Crippen MR) is 80.1 cm³/mol. The molecule has 5 nitrogen and oxygen atoms in total. The van der Waals surface area contributed by atoms with E-state index in [9.17, 15) is 0 Å². The van der Waals surface area contributed by atoms with Crippen molar-refractivity contribution < 1.29 is 9.26 Å². The van der Waals surface area contributed by atoms with E-state index in [1.165, 1.54) is 38.5 Å². The van der Waals surface area contributed by atoms with E-state index >= 15 is 0 Å². The van der Waals surface area contributed by atoms with E-state index in [0.29, 0.717) is 25.0 Å². The van der Waals surface area contributed by atoms with Gasteiger partial charge in [-0.3, -0.25) is 0 Å². The van der Waals surface area contributed by atoms with E-state index in [1.807, 2.05) is 0 Å². The number of rotatable bonds is 4. The number of hydrogen-bond acceptors (Lipinski definition) is 5. The summed E-state index contributed by atoms with van der Waals surface area (Å²) in [6, 6.07) is -0.0638. The average Bonchev–Trinajstić information content (AvgIpc) is 3.09. The van der Waals surface area contributed by atoms with Crippen molar-refractivity contribution in [3.8, 4) is 0 Å². The lowest BCUT2D eigenvalue weighted by Gasteiger charge is -2.26. The maximum absolute atomic E-state index is 6.13. The number of nitrogens with two attached hydrogens (primary N) is 1. The van der Waals surface area contributed by atoms with Crippen LogP contribution in [0.1, 0.15) is 70.0 Å². The van der Waals surface area contributed by atoms with Crippen LogP contribution in [0.3, 0.4) is 0 Å². The van der Waals surface area contributed by atoms with Gasteiger partial charge in [-0.2, -0.15) is 4.98 Å². The van der Waals surface area contributed by atoms with Gasteiger partial charge in [0.15, 0.2) is 5.82 Å². The van der Waals surface area contributed by atoms with Crippen LogP contribution < -0.4 is 5.73 Å². The zero-order valence-corrected chi connectivity index (χ0v) is 13.2. The zero-order chi connectivity index (χ0) is 14.9. The van der Waals surface area contributed by atoms with Crippen molar-refractivity contribution in [2.45, 2.75) is 69.7 Å². The van der Waals surface area contributed by atoms with Crippen LogP contribution in [-0.2, 0) is 10.2 Å². The second-order valence-electron chi connectivity index (χ2n) is 7.00. The van der Waals surface area contributed by atoms with Gasteiger partial charge < -0.3 is 15.0 Å². The largest absolute Gasteiger partial charge is 0.379 e. The van der Waals surface area contributed by atoms with E-state index in [0.717, 1.165) is 11.7 Å². The Bertz CT molecular complexity index is 468. The van der Waals surface area contributed by atoms with Gasteiger partial charge in [0, 0.05) is 12.0 Å². The highest BCUT2D eigenvalue weighted by Gasteiger charge is 2.44. The smallest absolute Gasteiger partial charge is 0.236 e. The third-order valence-corrected chi connectivity index (χ3v) is 5.36. The molecular formula is C16H27N3O2. The van der Waals surface area contributed by atoms with Crippen molar-refractivity contribution in [3.05, 3.63) is 11.7 Å². The van der Waals surface area contributed by atoms with Gasteiger partial charge in [0.25, 0.3) is 0 Å². The average molecular weight is 293 g/mol. The fourth-order valence-electron chi connectivity index (χ4n) is 3.66. The second kappa shape index (κ2) is 6.05. The van der Waals surface area contributed by atoms with E-state index in [2.05, 4.69) is 24.0 Å². The molecule has 0 radical (unpaired) electrons. The molecule has 2 N–H and O–H groups in total. The molecule has 0 spiro atoms. The maximum atomic E-state index is 6.13. The molecule has 0 bridgehead atoms. The number of hydrogen-bond donors (Lipinski definition) is 1. The Hall–Kier alpha value is -0.940. The fraction of sp³-hybridized carbons (Fsp3) is 0.875. The summed E-state index contributed by atoms with van der Waals surface area (Å²) in [4.78, 5) is 4.67. The highest BCUT2D eigenvalue weighted by atomic mass is 16.5. The van der Waals surface area contributed by atoms with Crippen LogP contribution in [0.25, 0.3) is 0 Å². The third kappa shape index (κ3) is 2.86.